The zero-order valence-corrected chi connectivity index (χ0v) is 17.2. The molecule has 1 atom stereocenters. The average Bonchev–Trinajstić information content (AvgIpc) is 2.83. The van der Waals surface area contributed by atoms with E-state index in [4.69, 9.17) is 10.00 Å². The minimum absolute atomic E-state index is 0.148. The van der Waals surface area contributed by atoms with Crippen LogP contribution in [0.3, 0.4) is 0 Å². The molecular formula is C25H21N3O4. The van der Waals surface area contributed by atoms with E-state index in [0.29, 0.717) is 16.8 Å². The molecule has 2 amide bonds. The van der Waals surface area contributed by atoms with Crippen molar-refractivity contribution < 1.29 is 19.1 Å². The predicted octanol–water partition coefficient (Wildman–Crippen LogP) is 3.60. The molecule has 2 N–H and O–H groups in total. The quantitative estimate of drug-likeness (QED) is 0.534. The van der Waals surface area contributed by atoms with Crippen molar-refractivity contribution in [2.24, 2.45) is 0 Å². The van der Waals surface area contributed by atoms with Gasteiger partial charge in [-0.2, -0.15) is 5.26 Å². The standard InChI is InChI=1S/C25H21N3O4/c26-16-20-13-7-8-14-21(20)27-23(29)17-32-24(30)15-22(18-9-3-1-4-10-18)28-25(31)19-11-5-2-6-12-19/h1-14,22H,15,17H2,(H,27,29)(H,28,31). The van der Waals surface area contributed by atoms with E-state index >= 15 is 0 Å². The van der Waals surface area contributed by atoms with Gasteiger partial charge in [0.2, 0.25) is 0 Å². The van der Waals surface area contributed by atoms with Crippen LogP contribution in [-0.2, 0) is 14.3 Å². The van der Waals surface area contributed by atoms with E-state index in [0.717, 1.165) is 5.56 Å². The van der Waals surface area contributed by atoms with Crippen LogP contribution in [0.4, 0.5) is 5.69 Å². The fraction of sp³-hybridized carbons (Fsp3) is 0.120. The van der Waals surface area contributed by atoms with Crippen molar-refractivity contribution in [1.82, 2.24) is 5.32 Å². The molecule has 0 fully saturated rings. The lowest BCUT2D eigenvalue weighted by atomic mass is 10.0. The van der Waals surface area contributed by atoms with Gasteiger partial charge in [-0.1, -0.05) is 60.7 Å². The topological polar surface area (TPSA) is 108 Å². The molecule has 0 saturated heterocycles. The first kappa shape index (κ1) is 22.2. The molecule has 0 bridgehead atoms. The molecule has 0 aliphatic heterocycles. The maximum atomic E-state index is 12.6. The van der Waals surface area contributed by atoms with Gasteiger partial charge in [-0.15, -0.1) is 0 Å². The van der Waals surface area contributed by atoms with E-state index in [1.54, 1.807) is 60.7 Å². The fourth-order valence-electron chi connectivity index (χ4n) is 3.02. The molecule has 7 heteroatoms. The SMILES string of the molecule is N#Cc1ccccc1NC(=O)COC(=O)CC(NC(=O)c1ccccc1)c1ccccc1. The van der Waals surface area contributed by atoms with Gasteiger partial charge in [0, 0.05) is 5.56 Å². The third-order valence-electron chi connectivity index (χ3n) is 4.60. The van der Waals surface area contributed by atoms with Crippen LogP contribution in [0.2, 0.25) is 0 Å². The molecule has 0 aliphatic rings. The predicted molar refractivity (Wildman–Crippen MR) is 118 cm³/mol. The van der Waals surface area contributed by atoms with Gasteiger partial charge in [0.05, 0.1) is 23.7 Å². The van der Waals surface area contributed by atoms with Crippen LogP contribution >= 0.6 is 0 Å². The number of anilines is 1. The average molecular weight is 427 g/mol. The molecule has 0 aromatic heterocycles. The highest BCUT2D eigenvalue weighted by Crippen LogP contribution is 2.18. The van der Waals surface area contributed by atoms with Crippen molar-refractivity contribution in [3.8, 4) is 6.07 Å². The summed E-state index contributed by atoms with van der Waals surface area (Å²) in [6, 6.07) is 25.6. The number of nitrogens with zero attached hydrogens (tertiary/aromatic N) is 1. The van der Waals surface area contributed by atoms with Crippen LogP contribution in [0.5, 0.6) is 0 Å². The van der Waals surface area contributed by atoms with E-state index in [2.05, 4.69) is 10.6 Å². The van der Waals surface area contributed by atoms with Gasteiger partial charge in [0.25, 0.3) is 11.8 Å². The molecule has 3 aromatic carbocycles. The summed E-state index contributed by atoms with van der Waals surface area (Å²) in [4.78, 5) is 37.1. The molecule has 1 unspecified atom stereocenters. The van der Waals surface area contributed by atoms with Crippen LogP contribution < -0.4 is 10.6 Å². The van der Waals surface area contributed by atoms with Crippen LogP contribution in [-0.4, -0.2) is 24.4 Å². The Kier molecular flexibility index (Phi) is 7.71. The monoisotopic (exact) mass is 427 g/mol. The van der Waals surface area contributed by atoms with Crippen LogP contribution in [0.1, 0.15) is 33.9 Å². The number of nitrogens with one attached hydrogen (secondary N) is 2. The molecule has 3 rings (SSSR count). The minimum Gasteiger partial charge on any atom is -0.455 e. The second kappa shape index (κ2) is 11.1. The Bertz CT molecular complexity index is 1120. The fourth-order valence-corrected chi connectivity index (χ4v) is 3.02. The van der Waals surface area contributed by atoms with Gasteiger partial charge in [0.1, 0.15) is 6.07 Å². The van der Waals surface area contributed by atoms with Gasteiger partial charge in [-0.3, -0.25) is 14.4 Å². The van der Waals surface area contributed by atoms with Crippen molar-refractivity contribution in [3.05, 3.63) is 102 Å². The molecule has 32 heavy (non-hydrogen) atoms. The summed E-state index contributed by atoms with van der Waals surface area (Å²) in [5.41, 5.74) is 1.85. The molecule has 0 spiro atoms. The largest absolute Gasteiger partial charge is 0.455 e. The number of carbonyl (C=O) groups is 3. The molecule has 0 heterocycles. The van der Waals surface area contributed by atoms with Gasteiger partial charge in [-0.25, -0.2) is 0 Å². The Morgan fingerprint density at radius 3 is 2.19 bits per heavy atom. The number of para-hydroxylation sites is 1. The maximum Gasteiger partial charge on any atom is 0.308 e. The zero-order valence-electron chi connectivity index (χ0n) is 17.2. The molecule has 3 aromatic rings. The molecule has 7 nitrogen and oxygen atoms in total. The Balaban J connectivity index is 1.60. The first-order valence-corrected chi connectivity index (χ1v) is 9.92. The van der Waals surface area contributed by atoms with Crippen molar-refractivity contribution >= 4 is 23.5 Å². The van der Waals surface area contributed by atoms with Gasteiger partial charge >= 0.3 is 5.97 Å². The Morgan fingerprint density at radius 2 is 1.50 bits per heavy atom. The summed E-state index contributed by atoms with van der Waals surface area (Å²) >= 11 is 0. The maximum absolute atomic E-state index is 12.6. The summed E-state index contributed by atoms with van der Waals surface area (Å²) in [5.74, 6) is -1.53. The van der Waals surface area contributed by atoms with Gasteiger partial charge in [0.15, 0.2) is 6.61 Å². The second-order valence-corrected chi connectivity index (χ2v) is 6.87. The Labute approximate surface area is 185 Å². The smallest absolute Gasteiger partial charge is 0.308 e. The van der Waals surface area contributed by atoms with Crippen molar-refractivity contribution in [2.75, 3.05) is 11.9 Å². The highest BCUT2D eigenvalue weighted by molar-refractivity contribution is 5.95. The van der Waals surface area contributed by atoms with E-state index < -0.39 is 24.5 Å². The Morgan fingerprint density at radius 1 is 0.875 bits per heavy atom. The highest BCUT2D eigenvalue weighted by atomic mass is 16.5. The lowest BCUT2D eigenvalue weighted by Crippen LogP contribution is -2.31. The number of hydrogen-bond acceptors (Lipinski definition) is 5. The summed E-state index contributed by atoms with van der Waals surface area (Å²) in [5, 5.41) is 14.5. The molecular weight excluding hydrogens is 406 g/mol. The summed E-state index contributed by atoms with van der Waals surface area (Å²) < 4.78 is 5.10. The number of benzene rings is 3. The summed E-state index contributed by atoms with van der Waals surface area (Å²) in [7, 11) is 0. The Hall–Kier alpha value is -4.44. The van der Waals surface area contributed by atoms with Crippen LogP contribution in [0, 0.1) is 11.3 Å². The zero-order chi connectivity index (χ0) is 22.8. The number of rotatable bonds is 8. The van der Waals surface area contributed by atoms with E-state index in [-0.39, 0.29) is 12.3 Å². The second-order valence-electron chi connectivity index (χ2n) is 6.87. The number of amides is 2. The first-order valence-electron chi connectivity index (χ1n) is 9.92. The van der Waals surface area contributed by atoms with E-state index in [1.807, 2.05) is 30.3 Å². The lowest BCUT2D eigenvalue weighted by Gasteiger charge is -2.19. The highest BCUT2D eigenvalue weighted by Gasteiger charge is 2.21. The van der Waals surface area contributed by atoms with Crippen LogP contribution in [0.25, 0.3) is 0 Å². The normalized spacial score (nSPS) is 11.0. The summed E-state index contributed by atoms with van der Waals surface area (Å²) in [6.45, 7) is -0.507. The first-order chi connectivity index (χ1) is 15.6. The molecule has 0 radical (unpaired) electrons. The van der Waals surface area contributed by atoms with Crippen molar-refractivity contribution in [2.45, 2.75) is 12.5 Å². The lowest BCUT2D eigenvalue weighted by molar-refractivity contribution is -0.147. The third-order valence-corrected chi connectivity index (χ3v) is 4.60. The van der Waals surface area contributed by atoms with Gasteiger partial charge in [-0.05, 0) is 29.8 Å². The van der Waals surface area contributed by atoms with Gasteiger partial charge < -0.3 is 15.4 Å². The summed E-state index contributed by atoms with van der Waals surface area (Å²) in [6.07, 6.45) is -0.148. The molecule has 0 saturated carbocycles. The number of carbonyl (C=O) groups excluding carboxylic acids is 3. The number of esters is 1. The number of hydrogen-bond donors (Lipinski definition) is 2. The third kappa shape index (κ3) is 6.28. The molecule has 0 aliphatic carbocycles. The minimum atomic E-state index is -0.643. The van der Waals surface area contributed by atoms with Crippen molar-refractivity contribution in [3.63, 3.8) is 0 Å². The van der Waals surface area contributed by atoms with Crippen molar-refractivity contribution in [1.29, 1.82) is 5.26 Å². The van der Waals surface area contributed by atoms with Crippen LogP contribution in [0.15, 0.2) is 84.9 Å². The molecule has 160 valence electrons. The number of ether oxygens (including phenoxy) is 1. The van der Waals surface area contributed by atoms with E-state index in [1.165, 1.54) is 0 Å². The van der Waals surface area contributed by atoms with E-state index in [9.17, 15) is 14.4 Å². The number of nitriles is 1.